The Balaban J connectivity index is 4.91. The van der Waals surface area contributed by atoms with Crippen molar-refractivity contribution in [3.8, 4) is 0 Å². The molecule has 0 N–H and O–H groups in total. The Morgan fingerprint density at radius 2 is 2.67 bits per heavy atom. The van der Waals surface area contributed by atoms with E-state index < -0.39 is 18.8 Å². The van der Waals surface area contributed by atoms with Crippen LogP contribution in [-0.2, 0) is 4.57 Å². The molecule has 0 rings (SSSR count). The van der Waals surface area contributed by atoms with Crippen LogP contribution in [0.3, 0.4) is 0 Å². The van der Waals surface area contributed by atoms with Gasteiger partial charge >= 0.3 is 0 Å². The largest absolute Gasteiger partial charge is 0.289 e. The maximum atomic E-state index is 10.7. The van der Waals surface area contributed by atoms with Crippen LogP contribution in [0, 0.1) is 0 Å². The monoisotopic (exact) mass is 151 g/mol. The van der Waals surface area contributed by atoms with E-state index in [-0.39, 0.29) is 0 Å². The van der Waals surface area contributed by atoms with Gasteiger partial charge in [-0.3, -0.25) is 4.57 Å². The Bertz CT molecular complexity index is 193. The molecule has 0 bridgehead atoms. The lowest BCUT2D eigenvalue weighted by Crippen LogP contribution is -1.59. The van der Waals surface area contributed by atoms with Gasteiger partial charge in [0.15, 0.2) is 0 Å². The summed E-state index contributed by atoms with van der Waals surface area (Å²) in [6.07, 6.45) is -3.04. The van der Waals surface area contributed by atoms with E-state index in [1.807, 2.05) is 0 Å². The first-order valence-corrected chi connectivity index (χ1v) is 4.51. The molecular weight excluding hydrogens is 142 g/mol. The van der Waals surface area contributed by atoms with E-state index in [0.717, 1.165) is 0 Å². The van der Waals surface area contributed by atoms with Crippen molar-refractivity contribution in [1.82, 2.24) is 0 Å². The van der Waals surface area contributed by atoms with Crippen molar-refractivity contribution in [3.05, 3.63) is 0 Å². The minimum atomic E-state index is -4.27. The number of halogens is 2. The van der Waals surface area contributed by atoms with Crippen molar-refractivity contribution in [3.63, 3.8) is 0 Å². The van der Waals surface area contributed by atoms with E-state index in [9.17, 15) is 4.57 Å². The summed E-state index contributed by atoms with van der Waals surface area (Å²) in [4.78, 5) is 0. The molecule has 0 saturated carbocycles. The quantitative estimate of drug-likeness (QED) is 0.527. The van der Waals surface area contributed by atoms with Gasteiger partial charge in [-0.2, -0.15) is 0 Å². The van der Waals surface area contributed by atoms with Crippen LogP contribution in [0.5, 0.6) is 0 Å². The summed E-state index contributed by atoms with van der Waals surface area (Å²) in [5, 5.41) is 0. The van der Waals surface area contributed by atoms with Crippen LogP contribution in [-0.4, -0.2) is 6.11 Å². The highest BCUT2D eigenvalue weighted by Crippen LogP contribution is 2.55. The molecule has 0 unspecified atom stereocenters. The van der Waals surface area contributed by atoms with Crippen molar-refractivity contribution in [2.45, 2.75) is 6.85 Å². The van der Waals surface area contributed by atoms with Gasteiger partial charge in [-0.15, -0.1) is 0 Å². The van der Waals surface area contributed by atoms with E-state index in [1.165, 1.54) is 0 Å². The molecule has 0 aromatic carbocycles. The van der Waals surface area contributed by atoms with E-state index >= 15 is 0 Å². The Kier molecular flexibility index (Phi) is 0.723. The normalized spacial score (nSPS) is 28.7. The molecule has 0 heterocycles. The molecule has 0 saturated heterocycles. The van der Waals surface area contributed by atoms with Crippen LogP contribution in [0.1, 0.15) is 13.7 Å². The summed E-state index contributed by atoms with van der Waals surface area (Å²) in [7, 11) is 0. The zero-order valence-corrected chi connectivity index (χ0v) is 5.02. The third-order valence-corrected chi connectivity index (χ3v) is 0.898. The fourth-order valence-corrected chi connectivity index (χ4v) is 0. The second-order valence-corrected chi connectivity index (χ2v) is 5.10. The molecule has 0 aliphatic carbocycles. The third kappa shape index (κ3) is 4.81. The smallest absolute Gasteiger partial charge is 0.252 e. The molecule has 0 amide bonds. The average molecular weight is 152 g/mol. The van der Waals surface area contributed by atoms with Gasteiger partial charge in [-0.05, 0) is 22.5 Å². The molecule has 0 aromatic rings. The first-order chi connectivity index (χ1) is 4.50. The van der Waals surface area contributed by atoms with Gasteiger partial charge in [0.1, 0.15) is 0 Å². The Hall–Kier alpha value is 0.810. The van der Waals surface area contributed by atoms with E-state index in [2.05, 4.69) is 0 Å². The number of rotatable bonds is 1. The van der Waals surface area contributed by atoms with Gasteiger partial charge in [0.2, 0.25) is 0 Å². The summed E-state index contributed by atoms with van der Waals surface area (Å²) >= 11 is 9.79. The third-order valence-electron chi connectivity index (χ3n) is 0.130. The second kappa shape index (κ2) is 2.20. The molecule has 4 heteroatoms. The van der Waals surface area contributed by atoms with E-state index in [4.69, 9.17) is 29.3 Å². The molecule has 0 radical (unpaired) electrons. The first-order valence-electron chi connectivity index (χ1n) is 3.49. The molecule has 1 nitrogen and oxygen atoms in total. The van der Waals surface area contributed by atoms with Crippen LogP contribution >= 0.6 is 28.3 Å². The Labute approximate surface area is 53.6 Å². The van der Waals surface area contributed by atoms with Crippen LogP contribution in [0.2, 0.25) is 0 Å². The zero-order valence-electron chi connectivity index (χ0n) is 7.61. The summed E-state index contributed by atoms with van der Waals surface area (Å²) in [5.41, 5.74) is 0. The molecule has 0 atom stereocenters. The maximum absolute atomic E-state index is 10.7. The van der Waals surface area contributed by atoms with Crippen molar-refractivity contribution >= 4 is 28.3 Å². The topological polar surface area (TPSA) is 17.1 Å². The van der Waals surface area contributed by atoms with Gasteiger partial charge < -0.3 is 0 Å². The Morgan fingerprint density at radius 3 is 2.67 bits per heavy atom. The first kappa shape index (κ1) is 1.97. The average Bonchev–Trinajstić information content (AvgIpc) is 1.58. The highest BCUT2D eigenvalue weighted by Gasteiger charge is 2.06. The zero-order chi connectivity index (χ0) is 9.50. The molecule has 0 fully saturated rings. The molecule has 0 aliphatic heterocycles. The molecule has 0 aromatic heterocycles. The van der Waals surface area contributed by atoms with Crippen molar-refractivity contribution < 1.29 is 11.4 Å². The van der Waals surface area contributed by atoms with Crippen LogP contribution in [0.4, 0.5) is 0 Å². The molecule has 38 valence electrons. The van der Waals surface area contributed by atoms with Crippen molar-refractivity contribution in [2.75, 3.05) is 6.11 Å². The van der Waals surface area contributed by atoms with E-state index in [0.29, 0.717) is 0 Å². The summed E-state index contributed by atoms with van der Waals surface area (Å²) < 4.78 is 44.1. The number of hydrogen-bond acceptors (Lipinski definition) is 1. The molecule has 0 spiro atoms. The second-order valence-electron chi connectivity index (χ2n) is 0.574. The fourth-order valence-electron chi connectivity index (χ4n) is 0. The minimum Gasteiger partial charge on any atom is -0.289 e. The minimum absolute atomic E-state index is 3.04. The lowest BCUT2D eigenvalue weighted by molar-refractivity contribution is 0.593. The van der Waals surface area contributed by atoms with Crippen molar-refractivity contribution in [1.29, 1.82) is 0 Å². The van der Waals surface area contributed by atoms with Crippen molar-refractivity contribution in [2.24, 2.45) is 0 Å². The maximum Gasteiger partial charge on any atom is 0.252 e. The van der Waals surface area contributed by atoms with Crippen LogP contribution in [0.15, 0.2) is 0 Å². The lowest BCUT2D eigenvalue weighted by atomic mass is 11.0. The summed E-state index contributed by atoms with van der Waals surface area (Å²) in [6, 6.07) is 0. The summed E-state index contributed by atoms with van der Waals surface area (Å²) in [6.45, 7) is -3.06. The van der Waals surface area contributed by atoms with Gasteiger partial charge in [-0.25, -0.2) is 0 Å². The molecule has 0 aliphatic rings. The Morgan fingerprint density at radius 1 is 2.17 bits per heavy atom. The van der Waals surface area contributed by atoms with Gasteiger partial charge in [-0.1, -0.05) is 6.85 Å². The number of hydrogen-bond donors (Lipinski definition) is 0. The van der Waals surface area contributed by atoms with E-state index in [1.54, 1.807) is 0 Å². The molecule has 6 heavy (non-hydrogen) atoms. The predicted octanol–water partition coefficient (Wildman–Crippen LogP) is 2.68. The lowest BCUT2D eigenvalue weighted by Gasteiger charge is -1.88. The fraction of sp³-hybridized carbons (Fsp3) is 1.00. The SMILES string of the molecule is [2H]C([2H])([2H])C([2H])([2H])P(=O)(Cl)Cl. The highest BCUT2D eigenvalue weighted by molar-refractivity contribution is 8.08. The van der Waals surface area contributed by atoms with Crippen LogP contribution < -0.4 is 0 Å². The predicted molar refractivity (Wildman–Crippen MR) is 29.9 cm³/mol. The standard InChI is InChI=1S/C2H5Cl2OP/c1-2-6(3,4)5/h2H2,1H3/i1D3,2D2. The van der Waals surface area contributed by atoms with Gasteiger partial charge in [0, 0.05) is 13.0 Å². The summed E-state index contributed by atoms with van der Waals surface area (Å²) in [5.74, 6) is -4.27. The van der Waals surface area contributed by atoms with Gasteiger partial charge in [0.25, 0.3) is 5.85 Å². The van der Waals surface area contributed by atoms with Gasteiger partial charge in [0.05, 0.1) is 0 Å². The molecular formula is C2H5Cl2OP. The highest BCUT2D eigenvalue weighted by atomic mass is 35.9. The van der Waals surface area contributed by atoms with Crippen LogP contribution in [0.25, 0.3) is 0 Å².